The van der Waals surface area contributed by atoms with E-state index in [0.717, 1.165) is 5.92 Å². The van der Waals surface area contributed by atoms with Crippen LogP contribution >= 0.6 is 0 Å². The molecule has 0 saturated carbocycles. The highest BCUT2D eigenvalue weighted by molar-refractivity contribution is 5.01. The fourth-order valence-electron chi connectivity index (χ4n) is 1.86. The van der Waals surface area contributed by atoms with Gasteiger partial charge in [-0.2, -0.15) is 0 Å². The van der Waals surface area contributed by atoms with E-state index in [-0.39, 0.29) is 0 Å². The predicted molar refractivity (Wildman–Crippen MR) is 53.9 cm³/mol. The molecule has 1 nitrogen and oxygen atoms in total. The van der Waals surface area contributed by atoms with E-state index in [1.54, 1.807) is 0 Å². The summed E-state index contributed by atoms with van der Waals surface area (Å²) < 4.78 is 0. The zero-order valence-corrected chi connectivity index (χ0v) is 8.64. The molecule has 1 atom stereocenters. The van der Waals surface area contributed by atoms with Crippen LogP contribution in [0.5, 0.6) is 0 Å². The Hall–Kier alpha value is -0.460. The van der Waals surface area contributed by atoms with E-state index >= 15 is 0 Å². The van der Waals surface area contributed by atoms with Crippen LogP contribution < -0.4 is 0 Å². The maximum Gasteiger partial charge on any atom is 0.0197 e. The number of hydrogen-bond donors (Lipinski definition) is 0. The van der Waals surface area contributed by atoms with Gasteiger partial charge in [-0.15, -0.1) is 0 Å². The van der Waals surface area contributed by atoms with Gasteiger partial charge in [0, 0.05) is 18.8 Å². The van der Waals surface area contributed by atoms with Crippen molar-refractivity contribution in [1.82, 2.24) is 4.90 Å². The molecule has 0 aromatic carbocycles. The Labute approximate surface area is 76.5 Å². The van der Waals surface area contributed by atoms with Crippen molar-refractivity contribution in [3.8, 4) is 0 Å². The molecule has 0 spiro atoms. The summed E-state index contributed by atoms with van der Waals surface area (Å²) in [6.07, 6.45) is 2.67. The molecule has 0 radical (unpaired) electrons. The van der Waals surface area contributed by atoms with Gasteiger partial charge in [0.15, 0.2) is 0 Å². The van der Waals surface area contributed by atoms with Crippen molar-refractivity contribution in [1.29, 1.82) is 0 Å². The van der Waals surface area contributed by atoms with Crippen LogP contribution in [0.3, 0.4) is 0 Å². The van der Waals surface area contributed by atoms with Crippen LogP contribution in [0.15, 0.2) is 12.3 Å². The van der Waals surface area contributed by atoms with Crippen molar-refractivity contribution in [3.05, 3.63) is 12.3 Å². The Morgan fingerprint density at radius 3 is 2.83 bits per heavy atom. The van der Waals surface area contributed by atoms with Crippen molar-refractivity contribution in [3.63, 3.8) is 0 Å². The standard InChI is InChI=1S/C11H21N/c1-9(2)8-12-7-5-6-10(3)11(12)4/h9-10H,4-8H2,1-3H3. The first-order valence-corrected chi connectivity index (χ1v) is 5.05. The van der Waals surface area contributed by atoms with Crippen LogP contribution in [0.1, 0.15) is 33.6 Å². The Balaban J connectivity index is 2.46. The normalized spacial score (nSPS) is 25.2. The Morgan fingerprint density at radius 2 is 2.25 bits per heavy atom. The largest absolute Gasteiger partial charge is 0.375 e. The summed E-state index contributed by atoms with van der Waals surface area (Å²) in [5.41, 5.74) is 1.36. The summed E-state index contributed by atoms with van der Waals surface area (Å²) in [7, 11) is 0. The third-order valence-electron chi connectivity index (χ3n) is 2.63. The summed E-state index contributed by atoms with van der Waals surface area (Å²) in [6.45, 7) is 13.4. The van der Waals surface area contributed by atoms with Crippen molar-refractivity contribution >= 4 is 0 Å². The third kappa shape index (κ3) is 2.26. The third-order valence-corrected chi connectivity index (χ3v) is 2.63. The fraction of sp³-hybridized carbons (Fsp3) is 0.818. The number of likely N-dealkylation sites (tertiary alicyclic amines) is 1. The first kappa shape index (κ1) is 9.63. The summed E-state index contributed by atoms with van der Waals surface area (Å²) in [5, 5.41) is 0. The molecule has 1 fully saturated rings. The second-order valence-electron chi connectivity index (χ2n) is 4.37. The minimum absolute atomic E-state index is 0.706. The lowest BCUT2D eigenvalue weighted by Crippen LogP contribution is -2.34. The molecule has 0 bridgehead atoms. The number of nitrogens with zero attached hydrogens (tertiary/aromatic N) is 1. The van der Waals surface area contributed by atoms with Crippen LogP contribution in [-0.2, 0) is 0 Å². The van der Waals surface area contributed by atoms with Crippen LogP contribution in [0, 0.1) is 11.8 Å². The molecule has 0 N–H and O–H groups in total. The fourth-order valence-corrected chi connectivity index (χ4v) is 1.86. The van der Waals surface area contributed by atoms with E-state index in [4.69, 9.17) is 0 Å². The molecule has 0 amide bonds. The van der Waals surface area contributed by atoms with Crippen molar-refractivity contribution in [2.24, 2.45) is 11.8 Å². The smallest absolute Gasteiger partial charge is 0.0197 e. The van der Waals surface area contributed by atoms with Gasteiger partial charge in [0.1, 0.15) is 0 Å². The Kier molecular flexibility index (Phi) is 3.19. The van der Waals surface area contributed by atoms with Crippen LogP contribution in [0.25, 0.3) is 0 Å². The monoisotopic (exact) mass is 167 g/mol. The number of rotatable bonds is 2. The molecule has 1 saturated heterocycles. The minimum atomic E-state index is 0.706. The van der Waals surface area contributed by atoms with Gasteiger partial charge in [-0.3, -0.25) is 0 Å². The Morgan fingerprint density at radius 1 is 1.58 bits per heavy atom. The molecule has 0 aromatic heterocycles. The predicted octanol–water partition coefficient (Wildman–Crippen LogP) is 2.89. The molecule has 0 aromatic rings. The molecule has 1 heteroatoms. The van der Waals surface area contributed by atoms with Crippen LogP contribution in [0.4, 0.5) is 0 Å². The summed E-state index contributed by atoms with van der Waals surface area (Å²) in [5.74, 6) is 1.46. The molecule has 0 aliphatic carbocycles. The second-order valence-corrected chi connectivity index (χ2v) is 4.37. The molecule has 1 heterocycles. The van der Waals surface area contributed by atoms with Gasteiger partial charge in [0.05, 0.1) is 0 Å². The lowest BCUT2D eigenvalue weighted by Gasteiger charge is -2.36. The topological polar surface area (TPSA) is 3.24 Å². The van der Waals surface area contributed by atoms with E-state index in [1.807, 2.05) is 0 Å². The van der Waals surface area contributed by atoms with E-state index in [0.29, 0.717) is 5.92 Å². The molecular weight excluding hydrogens is 146 g/mol. The highest BCUT2D eigenvalue weighted by Crippen LogP contribution is 2.25. The number of piperidine rings is 1. The van der Waals surface area contributed by atoms with Gasteiger partial charge >= 0.3 is 0 Å². The van der Waals surface area contributed by atoms with E-state index in [2.05, 4.69) is 32.3 Å². The minimum Gasteiger partial charge on any atom is -0.375 e. The van der Waals surface area contributed by atoms with Gasteiger partial charge in [-0.1, -0.05) is 27.4 Å². The van der Waals surface area contributed by atoms with Gasteiger partial charge in [-0.05, 0) is 24.7 Å². The molecular formula is C11H21N. The molecule has 1 unspecified atom stereocenters. The molecule has 1 aliphatic rings. The lowest BCUT2D eigenvalue weighted by molar-refractivity contribution is 0.229. The van der Waals surface area contributed by atoms with Gasteiger partial charge < -0.3 is 4.90 Å². The number of allylic oxidation sites excluding steroid dienone is 1. The van der Waals surface area contributed by atoms with Crippen molar-refractivity contribution in [2.45, 2.75) is 33.6 Å². The van der Waals surface area contributed by atoms with E-state index in [1.165, 1.54) is 31.6 Å². The Bertz CT molecular complexity index is 160. The van der Waals surface area contributed by atoms with E-state index < -0.39 is 0 Å². The van der Waals surface area contributed by atoms with Crippen LogP contribution in [0.2, 0.25) is 0 Å². The maximum absolute atomic E-state index is 4.16. The summed E-state index contributed by atoms with van der Waals surface area (Å²) in [6, 6.07) is 0. The average molecular weight is 167 g/mol. The SMILES string of the molecule is C=C1C(C)CCCN1CC(C)C. The average Bonchev–Trinajstić information content (AvgIpc) is 1.98. The lowest BCUT2D eigenvalue weighted by atomic mass is 9.96. The maximum atomic E-state index is 4.16. The zero-order chi connectivity index (χ0) is 9.14. The molecule has 70 valence electrons. The quantitative estimate of drug-likeness (QED) is 0.611. The zero-order valence-electron chi connectivity index (χ0n) is 8.64. The highest BCUT2D eigenvalue weighted by Gasteiger charge is 2.19. The highest BCUT2D eigenvalue weighted by atomic mass is 15.1. The van der Waals surface area contributed by atoms with Gasteiger partial charge in [0.2, 0.25) is 0 Å². The number of hydrogen-bond acceptors (Lipinski definition) is 1. The second kappa shape index (κ2) is 3.97. The van der Waals surface area contributed by atoms with Gasteiger partial charge in [-0.25, -0.2) is 0 Å². The first-order valence-electron chi connectivity index (χ1n) is 5.05. The van der Waals surface area contributed by atoms with Gasteiger partial charge in [0.25, 0.3) is 0 Å². The first-order chi connectivity index (χ1) is 5.61. The summed E-state index contributed by atoms with van der Waals surface area (Å²) >= 11 is 0. The molecule has 1 rings (SSSR count). The van der Waals surface area contributed by atoms with Crippen molar-refractivity contribution in [2.75, 3.05) is 13.1 Å². The molecule has 12 heavy (non-hydrogen) atoms. The molecule has 1 aliphatic heterocycles. The van der Waals surface area contributed by atoms with E-state index in [9.17, 15) is 0 Å². The summed E-state index contributed by atoms with van der Waals surface area (Å²) in [4.78, 5) is 2.46. The van der Waals surface area contributed by atoms with Crippen molar-refractivity contribution < 1.29 is 0 Å². The van der Waals surface area contributed by atoms with Crippen LogP contribution in [-0.4, -0.2) is 18.0 Å².